The van der Waals surface area contributed by atoms with E-state index in [1.165, 1.54) is 24.8 Å². The predicted molar refractivity (Wildman–Crippen MR) is 121 cm³/mol. The zero-order chi connectivity index (χ0) is 23.5. The van der Waals surface area contributed by atoms with Gasteiger partial charge in [0, 0.05) is 0 Å². The number of halogens is 3. The van der Waals surface area contributed by atoms with Crippen LogP contribution in [0.2, 0.25) is 0 Å². The molecule has 2 N–H and O–H groups in total. The molecule has 3 fully saturated rings. The van der Waals surface area contributed by atoms with Crippen molar-refractivity contribution in [2.45, 2.75) is 116 Å². The molecule has 0 radical (unpaired) electrons. The van der Waals surface area contributed by atoms with Crippen LogP contribution in [-0.2, 0) is 0 Å². The number of alkyl halides is 3. The average Bonchev–Trinajstić information content (AvgIpc) is 3.16. The van der Waals surface area contributed by atoms with Crippen LogP contribution in [0, 0.1) is 40.9 Å². The highest BCUT2D eigenvalue weighted by molar-refractivity contribution is 5.26. The monoisotopic (exact) mass is 456 g/mol. The zero-order valence-corrected chi connectivity index (χ0v) is 20.3. The van der Waals surface area contributed by atoms with Crippen molar-refractivity contribution in [2.75, 3.05) is 0 Å². The number of hydrogen-bond donors (Lipinski definition) is 2. The first kappa shape index (κ1) is 24.6. The molecule has 0 amide bonds. The Bertz CT molecular complexity index is 729. The molecule has 0 aromatic rings. The van der Waals surface area contributed by atoms with Crippen LogP contribution < -0.4 is 0 Å². The fourth-order valence-corrected chi connectivity index (χ4v) is 8.28. The van der Waals surface area contributed by atoms with Gasteiger partial charge in [-0.25, -0.2) is 0 Å². The van der Waals surface area contributed by atoms with Gasteiger partial charge in [0.15, 0.2) is 5.60 Å². The number of hydrogen-bond acceptors (Lipinski definition) is 2. The Hall–Kier alpha value is -0.550. The van der Waals surface area contributed by atoms with E-state index in [0.29, 0.717) is 36.0 Å². The summed E-state index contributed by atoms with van der Waals surface area (Å²) < 4.78 is 39.3. The van der Waals surface area contributed by atoms with Gasteiger partial charge in [0.1, 0.15) is 0 Å². The normalized spacial score (nSPS) is 44.7. The lowest BCUT2D eigenvalue weighted by Crippen LogP contribution is -2.50. The van der Waals surface area contributed by atoms with E-state index in [0.717, 1.165) is 45.4 Å². The lowest BCUT2D eigenvalue weighted by atomic mass is 9.49. The van der Waals surface area contributed by atoms with Crippen LogP contribution in [0.1, 0.15) is 98.3 Å². The van der Waals surface area contributed by atoms with Crippen LogP contribution in [0.15, 0.2) is 11.6 Å². The minimum Gasteiger partial charge on any atom is -0.390 e. The van der Waals surface area contributed by atoms with Crippen LogP contribution in [0.25, 0.3) is 0 Å². The van der Waals surface area contributed by atoms with Crippen molar-refractivity contribution in [3.05, 3.63) is 11.6 Å². The number of rotatable bonds is 5. The van der Waals surface area contributed by atoms with Gasteiger partial charge in [-0.15, -0.1) is 0 Å². The van der Waals surface area contributed by atoms with Gasteiger partial charge >= 0.3 is 6.18 Å². The number of aliphatic hydroxyl groups is 2. The maximum Gasteiger partial charge on any atom is 0.416 e. The summed E-state index contributed by atoms with van der Waals surface area (Å²) in [6, 6.07) is 0. The molecule has 0 spiro atoms. The molecule has 0 heterocycles. The van der Waals surface area contributed by atoms with E-state index in [2.05, 4.69) is 26.8 Å². The molecule has 5 heteroatoms. The largest absolute Gasteiger partial charge is 0.416 e. The molecule has 4 aliphatic carbocycles. The van der Waals surface area contributed by atoms with Crippen molar-refractivity contribution in [1.82, 2.24) is 0 Å². The fraction of sp³-hybridized carbons (Fsp3) is 0.926. The Kier molecular flexibility index (Phi) is 6.36. The lowest BCUT2D eigenvalue weighted by molar-refractivity contribution is -0.256. The third-order valence-corrected chi connectivity index (χ3v) is 10.7. The summed E-state index contributed by atoms with van der Waals surface area (Å²) in [4.78, 5) is 0. The van der Waals surface area contributed by atoms with Gasteiger partial charge in [-0.3, -0.25) is 0 Å². The van der Waals surface area contributed by atoms with Gasteiger partial charge in [-0.1, -0.05) is 32.4 Å². The topological polar surface area (TPSA) is 40.5 Å². The summed E-state index contributed by atoms with van der Waals surface area (Å²) in [6.07, 6.45) is 7.59. The molecular weight excluding hydrogens is 413 g/mol. The van der Waals surface area contributed by atoms with Crippen molar-refractivity contribution in [2.24, 2.45) is 40.9 Å². The first-order valence-corrected chi connectivity index (χ1v) is 13.0. The Balaban J connectivity index is 1.44. The molecule has 0 aromatic heterocycles. The molecule has 0 aliphatic heterocycles. The van der Waals surface area contributed by atoms with E-state index in [-0.39, 0.29) is 17.8 Å². The van der Waals surface area contributed by atoms with E-state index >= 15 is 0 Å². The average molecular weight is 457 g/mol. The van der Waals surface area contributed by atoms with E-state index in [1.807, 2.05) is 0 Å². The van der Waals surface area contributed by atoms with Gasteiger partial charge in [-0.2, -0.15) is 13.2 Å². The first-order valence-electron chi connectivity index (χ1n) is 13.0. The van der Waals surface area contributed by atoms with Crippen LogP contribution in [0.5, 0.6) is 0 Å². The summed E-state index contributed by atoms with van der Waals surface area (Å²) in [5.41, 5.74) is -1.41. The lowest BCUT2D eigenvalue weighted by Gasteiger charge is -2.57. The molecule has 4 rings (SSSR count). The molecule has 32 heavy (non-hydrogen) atoms. The third kappa shape index (κ3) is 4.08. The molecule has 0 saturated heterocycles. The SMILES string of the molecule is CC[C@]1(O)CC[C@@]2(C)C(=CCC3C4CC[C@H]([C@H](C)CC[C@](C)(O)C(F)(F)F)[C@H]4CCC32)C1. The minimum absolute atomic E-state index is 0.206. The molecular formula is C27H43F3O2. The summed E-state index contributed by atoms with van der Waals surface area (Å²) in [7, 11) is 0. The highest BCUT2D eigenvalue weighted by Crippen LogP contribution is 2.64. The van der Waals surface area contributed by atoms with Gasteiger partial charge in [0.25, 0.3) is 0 Å². The zero-order valence-electron chi connectivity index (χ0n) is 20.3. The maximum absolute atomic E-state index is 13.1. The molecule has 2 nitrogen and oxygen atoms in total. The summed E-state index contributed by atoms with van der Waals surface area (Å²) in [5, 5.41) is 20.8. The summed E-state index contributed by atoms with van der Waals surface area (Å²) >= 11 is 0. The molecule has 0 aromatic carbocycles. The van der Waals surface area contributed by atoms with Crippen molar-refractivity contribution in [3.8, 4) is 0 Å². The van der Waals surface area contributed by atoms with E-state index in [4.69, 9.17) is 0 Å². The third-order valence-electron chi connectivity index (χ3n) is 10.7. The number of fused-ring (bicyclic) bond motifs is 5. The van der Waals surface area contributed by atoms with Crippen LogP contribution in [0.3, 0.4) is 0 Å². The molecule has 3 unspecified atom stereocenters. The summed E-state index contributed by atoms with van der Waals surface area (Å²) in [5.74, 6) is 3.38. The van der Waals surface area contributed by atoms with Gasteiger partial charge < -0.3 is 10.2 Å². The Morgan fingerprint density at radius 2 is 1.78 bits per heavy atom. The minimum atomic E-state index is -4.56. The smallest absolute Gasteiger partial charge is 0.390 e. The van der Waals surface area contributed by atoms with Crippen molar-refractivity contribution in [3.63, 3.8) is 0 Å². The molecule has 184 valence electrons. The van der Waals surface area contributed by atoms with Gasteiger partial charge in [0.05, 0.1) is 5.60 Å². The quantitative estimate of drug-likeness (QED) is 0.435. The first-order chi connectivity index (χ1) is 14.8. The van der Waals surface area contributed by atoms with Crippen LogP contribution in [0.4, 0.5) is 13.2 Å². The van der Waals surface area contributed by atoms with Crippen molar-refractivity contribution < 1.29 is 23.4 Å². The predicted octanol–water partition coefficient (Wildman–Crippen LogP) is 7.05. The van der Waals surface area contributed by atoms with Crippen LogP contribution >= 0.6 is 0 Å². The fourth-order valence-electron chi connectivity index (χ4n) is 8.28. The molecule has 0 bridgehead atoms. The second-order valence-electron chi connectivity index (χ2n) is 12.3. The van der Waals surface area contributed by atoms with E-state index in [1.54, 1.807) is 0 Å². The summed E-state index contributed by atoms with van der Waals surface area (Å²) in [6.45, 7) is 7.56. The van der Waals surface area contributed by atoms with Gasteiger partial charge in [-0.05, 0) is 118 Å². The molecule has 9 atom stereocenters. The second-order valence-corrected chi connectivity index (χ2v) is 12.3. The second kappa shape index (κ2) is 8.29. The molecule has 3 saturated carbocycles. The van der Waals surface area contributed by atoms with Crippen molar-refractivity contribution in [1.29, 1.82) is 0 Å². The van der Waals surface area contributed by atoms with E-state index < -0.39 is 17.4 Å². The molecule has 4 aliphatic rings. The Morgan fingerprint density at radius 3 is 2.44 bits per heavy atom. The van der Waals surface area contributed by atoms with Crippen LogP contribution in [-0.4, -0.2) is 27.6 Å². The Labute approximate surface area is 192 Å². The van der Waals surface area contributed by atoms with Gasteiger partial charge in [0.2, 0.25) is 0 Å². The highest BCUT2D eigenvalue weighted by atomic mass is 19.4. The maximum atomic E-state index is 13.1. The Morgan fingerprint density at radius 1 is 1.09 bits per heavy atom. The van der Waals surface area contributed by atoms with E-state index in [9.17, 15) is 23.4 Å². The standard InChI is InChI=1S/C27H43F3O2/c1-5-26(32)15-14-24(3)18(16-26)6-7-22-21-9-8-19(20(21)10-11-23(22)24)17(2)12-13-25(4,31)27(28,29)30/h6,17,19-23,31-32H,5,7-16H2,1-4H3/t17-,19-,20-,21?,22?,23?,24+,25+,26+/m1/s1. The highest BCUT2D eigenvalue weighted by Gasteiger charge is 2.56. The van der Waals surface area contributed by atoms with Crippen molar-refractivity contribution >= 4 is 0 Å². The number of allylic oxidation sites excluding steroid dienone is 1.